The van der Waals surface area contributed by atoms with Gasteiger partial charge in [-0.3, -0.25) is 0 Å². The Hall–Kier alpha value is 1.35. The fourth-order valence-corrected chi connectivity index (χ4v) is 12.8. The molecule has 0 aromatic rings. The summed E-state index contributed by atoms with van der Waals surface area (Å²) < 4.78 is 8.63. The summed E-state index contributed by atoms with van der Waals surface area (Å²) >= 11 is 0. The average molecular weight is 255 g/mol. The second-order valence-electron chi connectivity index (χ2n) is 6.18. The van der Waals surface area contributed by atoms with Gasteiger partial charge in [0.2, 0.25) is 0 Å². The van der Waals surface area contributed by atoms with Crippen LogP contribution in [-0.4, -0.2) is 63.1 Å². The van der Waals surface area contributed by atoms with Crippen LogP contribution in [0.5, 0.6) is 0 Å². The summed E-state index contributed by atoms with van der Waals surface area (Å²) in [5.41, 5.74) is 0. The molecule has 0 bridgehead atoms. The SMILES string of the molecule is C[Si](C)(C)N(C1CCCO1)[Si](C)(C)C.[NaH]. The van der Waals surface area contributed by atoms with Gasteiger partial charge in [-0.05, 0) is 12.8 Å². The zero-order valence-corrected chi connectivity index (χ0v) is 12.6. The van der Waals surface area contributed by atoms with Crippen LogP contribution in [0.2, 0.25) is 39.3 Å². The van der Waals surface area contributed by atoms with Gasteiger partial charge in [-0.25, -0.2) is 0 Å². The molecule has 1 unspecified atom stereocenters. The van der Waals surface area contributed by atoms with E-state index in [9.17, 15) is 0 Å². The van der Waals surface area contributed by atoms with Gasteiger partial charge >= 0.3 is 29.6 Å². The molecule has 0 amide bonds. The number of nitrogens with zero attached hydrogens (tertiary/aromatic N) is 1. The zero-order chi connectivity index (χ0) is 11.0. The van der Waals surface area contributed by atoms with E-state index in [4.69, 9.17) is 4.74 Å². The predicted molar refractivity (Wildman–Crippen MR) is 74.7 cm³/mol. The Labute approximate surface area is 119 Å². The molecule has 1 heterocycles. The molecule has 1 fully saturated rings. The Morgan fingerprint density at radius 2 is 1.47 bits per heavy atom. The first kappa shape index (κ1) is 16.4. The van der Waals surface area contributed by atoms with E-state index < -0.39 is 16.5 Å². The molecular weight excluding hydrogens is 229 g/mol. The van der Waals surface area contributed by atoms with E-state index in [0.717, 1.165) is 6.61 Å². The first-order chi connectivity index (χ1) is 6.23. The summed E-state index contributed by atoms with van der Waals surface area (Å²) in [7, 11) is -2.43. The van der Waals surface area contributed by atoms with Gasteiger partial charge in [0, 0.05) is 6.61 Å². The first-order valence-corrected chi connectivity index (χ1v) is 12.5. The third kappa shape index (κ3) is 4.62. The van der Waals surface area contributed by atoms with E-state index in [1.807, 2.05) is 0 Å². The topological polar surface area (TPSA) is 12.5 Å². The Balaban J connectivity index is 0.00000196. The molecule has 86 valence electrons. The second kappa shape index (κ2) is 5.80. The van der Waals surface area contributed by atoms with Gasteiger partial charge in [0.25, 0.3) is 0 Å². The molecule has 0 saturated carbocycles. The number of ether oxygens (including phenoxy) is 1. The van der Waals surface area contributed by atoms with Crippen molar-refractivity contribution in [1.29, 1.82) is 0 Å². The Morgan fingerprint density at radius 1 is 1.00 bits per heavy atom. The average Bonchev–Trinajstić information content (AvgIpc) is 2.31. The number of hydrogen-bond acceptors (Lipinski definition) is 2. The minimum absolute atomic E-state index is 0. The van der Waals surface area contributed by atoms with Crippen molar-refractivity contribution >= 4 is 46.0 Å². The van der Waals surface area contributed by atoms with E-state index in [1.54, 1.807) is 0 Å². The summed E-state index contributed by atoms with van der Waals surface area (Å²) in [5, 5.41) is 0. The van der Waals surface area contributed by atoms with Gasteiger partial charge in [0.15, 0.2) is 0 Å². The summed E-state index contributed by atoms with van der Waals surface area (Å²) in [6, 6.07) is 0. The van der Waals surface area contributed by atoms with E-state index in [-0.39, 0.29) is 29.6 Å². The molecule has 0 spiro atoms. The Bertz CT molecular complexity index is 181. The fraction of sp³-hybridized carbons (Fsp3) is 1.00. The molecule has 0 radical (unpaired) electrons. The van der Waals surface area contributed by atoms with Crippen molar-refractivity contribution < 1.29 is 4.74 Å². The van der Waals surface area contributed by atoms with Crippen molar-refractivity contribution in [3.8, 4) is 0 Å². The van der Waals surface area contributed by atoms with Crippen molar-refractivity contribution in [1.82, 2.24) is 4.23 Å². The van der Waals surface area contributed by atoms with Crippen LogP contribution in [0.15, 0.2) is 0 Å². The molecule has 1 aliphatic rings. The molecule has 0 N–H and O–H groups in total. The molecule has 1 rings (SSSR count). The van der Waals surface area contributed by atoms with Gasteiger partial charge in [-0.1, -0.05) is 39.3 Å². The minimum atomic E-state index is -1.22. The molecular formula is C10H26NNaOSi2. The van der Waals surface area contributed by atoms with Crippen molar-refractivity contribution in [2.45, 2.75) is 58.4 Å². The molecule has 0 aromatic heterocycles. The second-order valence-corrected chi connectivity index (χ2v) is 16.3. The zero-order valence-electron chi connectivity index (χ0n) is 10.6. The molecule has 0 aliphatic carbocycles. The van der Waals surface area contributed by atoms with Gasteiger partial charge in [-0.2, -0.15) is 0 Å². The molecule has 2 nitrogen and oxygen atoms in total. The standard InChI is InChI=1S/C10H25NOSi2.Na.H/c1-13(2,3)11(14(4,5)6)10-8-7-9-12-10;;/h10H,7-9H2,1-6H3;;. The van der Waals surface area contributed by atoms with Crippen LogP contribution < -0.4 is 0 Å². The summed E-state index contributed by atoms with van der Waals surface area (Å²) in [6.07, 6.45) is 2.93. The third-order valence-electron chi connectivity index (χ3n) is 2.64. The quantitative estimate of drug-likeness (QED) is 0.718. The van der Waals surface area contributed by atoms with Crippen molar-refractivity contribution in [3.05, 3.63) is 0 Å². The van der Waals surface area contributed by atoms with Crippen LogP contribution in [0.1, 0.15) is 12.8 Å². The van der Waals surface area contributed by atoms with Crippen LogP contribution in [0.3, 0.4) is 0 Å². The van der Waals surface area contributed by atoms with E-state index >= 15 is 0 Å². The van der Waals surface area contributed by atoms with Crippen LogP contribution in [-0.2, 0) is 4.74 Å². The monoisotopic (exact) mass is 255 g/mol. The summed E-state index contributed by atoms with van der Waals surface area (Å²) in [4.78, 5) is 0. The molecule has 15 heavy (non-hydrogen) atoms. The Morgan fingerprint density at radius 3 is 1.73 bits per heavy atom. The van der Waals surface area contributed by atoms with Crippen molar-refractivity contribution in [2.24, 2.45) is 0 Å². The molecule has 1 aliphatic heterocycles. The van der Waals surface area contributed by atoms with E-state index in [0.29, 0.717) is 6.23 Å². The predicted octanol–water partition coefficient (Wildman–Crippen LogP) is 2.45. The van der Waals surface area contributed by atoms with Gasteiger partial charge < -0.3 is 8.97 Å². The Kier molecular flexibility index (Phi) is 6.32. The normalized spacial score (nSPS) is 23.0. The number of rotatable bonds is 3. The van der Waals surface area contributed by atoms with Crippen molar-refractivity contribution in [3.63, 3.8) is 0 Å². The van der Waals surface area contributed by atoms with E-state index in [2.05, 4.69) is 43.5 Å². The summed E-state index contributed by atoms with van der Waals surface area (Å²) in [6.45, 7) is 15.6. The van der Waals surface area contributed by atoms with Crippen LogP contribution in [0.25, 0.3) is 0 Å². The van der Waals surface area contributed by atoms with E-state index in [1.165, 1.54) is 12.8 Å². The maximum atomic E-state index is 5.86. The number of hydrogen-bond donors (Lipinski definition) is 0. The van der Waals surface area contributed by atoms with Gasteiger partial charge in [0.1, 0.15) is 16.5 Å². The van der Waals surface area contributed by atoms with Gasteiger partial charge in [0.05, 0.1) is 6.23 Å². The third-order valence-corrected chi connectivity index (χ3v) is 10.1. The van der Waals surface area contributed by atoms with Gasteiger partial charge in [-0.15, -0.1) is 0 Å². The van der Waals surface area contributed by atoms with Crippen LogP contribution in [0, 0.1) is 0 Å². The van der Waals surface area contributed by atoms with Crippen LogP contribution in [0.4, 0.5) is 0 Å². The molecule has 1 saturated heterocycles. The first-order valence-electron chi connectivity index (χ1n) is 5.64. The van der Waals surface area contributed by atoms with Crippen molar-refractivity contribution in [2.75, 3.05) is 6.61 Å². The van der Waals surface area contributed by atoms with Crippen LogP contribution >= 0.6 is 0 Å². The maximum absolute atomic E-state index is 5.86. The molecule has 1 atom stereocenters. The molecule has 5 heteroatoms. The molecule has 0 aromatic carbocycles. The fourth-order valence-electron chi connectivity index (χ4n) is 2.63. The summed E-state index contributed by atoms with van der Waals surface area (Å²) in [5.74, 6) is 0.